The molecule has 1 saturated heterocycles. The second-order valence-electron chi connectivity index (χ2n) is 5.96. The number of pyridine rings is 1. The molecule has 4 heteroatoms. The standard InChI is InChI=1S/C15H23N3O/c1-4-16-13-7-6-12(10-17-13)14(19)18-9-5-8-15(2,3)11-18/h6-7,10H,4-5,8-9,11H2,1-3H3,(H,16,17). The van der Waals surface area contributed by atoms with Crippen LogP contribution in [0.4, 0.5) is 5.82 Å². The third-order valence-corrected chi connectivity index (χ3v) is 3.56. The molecule has 1 aliphatic heterocycles. The molecule has 1 fully saturated rings. The van der Waals surface area contributed by atoms with Crippen molar-refractivity contribution in [2.45, 2.75) is 33.6 Å². The summed E-state index contributed by atoms with van der Waals surface area (Å²) in [6.45, 7) is 8.99. The van der Waals surface area contributed by atoms with Crippen LogP contribution in [0.1, 0.15) is 44.0 Å². The van der Waals surface area contributed by atoms with Crippen molar-refractivity contribution in [1.82, 2.24) is 9.88 Å². The van der Waals surface area contributed by atoms with Crippen LogP contribution in [0.3, 0.4) is 0 Å². The molecule has 1 aliphatic rings. The molecule has 104 valence electrons. The minimum absolute atomic E-state index is 0.100. The fourth-order valence-corrected chi connectivity index (χ4v) is 2.59. The van der Waals surface area contributed by atoms with Gasteiger partial charge in [-0.2, -0.15) is 0 Å². The number of hydrogen-bond donors (Lipinski definition) is 1. The smallest absolute Gasteiger partial charge is 0.255 e. The van der Waals surface area contributed by atoms with Gasteiger partial charge in [-0.05, 0) is 37.3 Å². The molecule has 0 unspecified atom stereocenters. The summed E-state index contributed by atoms with van der Waals surface area (Å²) >= 11 is 0. The van der Waals surface area contributed by atoms with Gasteiger partial charge in [-0.1, -0.05) is 13.8 Å². The van der Waals surface area contributed by atoms with E-state index in [1.54, 1.807) is 6.20 Å². The van der Waals surface area contributed by atoms with Crippen LogP contribution >= 0.6 is 0 Å². The first kappa shape index (κ1) is 13.8. The van der Waals surface area contributed by atoms with Gasteiger partial charge in [0.05, 0.1) is 5.56 Å². The molecule has 19 heavy (non-hydrogen) atoms. The Balaban J connectivity index is 2.06. The Labute approximate surface area is 115 Å². The zero-order valence-electron chi connectivity index (χ0n) is 12.1. The Morgan fingerprint density at radius 1 is 1.47 bits per heavy atom. The van der Waals surface area contributed by atoms with Crippen molar-refractivity contribution in [3.8, 4) is 0 Å². The van der Waals surface area contributed by atoms with Crippen LogP contribution in [0, 0.1) is 5.41 Å². The number of piperidine rings is 1. The van der Waals surface area contributed by atoms with Crippen molar-refractivity contribution >= 4 is 11.7 Å². The average Bonchev–Trinajstić information content (AvgIpc) is 2.38. The summed E-state index contributed by atoms with van der Waals surface area (Å²) in [6, 6.07) is 3.72. The number of rotatable bonds is 3. The Morgan fingerprint density at radius 2 is 2.26 bits per heavy atom. The highest BCUT2D eigenvalue weighted by molar-refractivity contribution is 5.94. The van der Waals surface area contributed by atoms with Crippen molar-refractivity contribution in [3.05, 3.63) is 23.9 Å². The quantitative estimate of drug-likeness (QED) is 0.910. The first-order valence-electron chi connectivity index (χ1n) is 7.01. The van der Waals surface area contributed by atoms with E-state index in [0.29, 0.717) is 5.56 Å². The molecule has 1 aromatic heterocycles. The van der Waals surface area contributed by atoms with Gasteiger partial charge in [0.2, 0.25) is 0 Å². The molecular weight excluding hydrogens is 238 g/mol. The van der Waals surface area contributed by atoms with Gasteiger partial charge < -0.3 is 10.2 Å². The highest BCUT2D eigenvalue weighted by atomic mass is 16.2. The summed E-state index contributed by atoms with van der Waals surface area (Å²) in [7, 11) is 0. The van der Waals surface area contributed by atoms with Crippen LogP contribution in [0.2, 0.25) is 0 Å². The monoisotopic (exact) mass is 261 g/mol. The zero-order valence-corrected chi connectivity index (χ0v) is 12.1. The summed E-state index contributed by atoms with van der Waals surface area (Å²) in [5.41, 5.74) is 0.907. The molecule has 1 amide bonds. The molecule has 0 aromatic carbocycles. The highest BCUT2D eigenvalue weighted by Crippen LogP contribution is 2.29. The fourth-order valence-electron chi connectivity index (χ4n) is 2.59. The molecule has 2 rings (SSSR count). The van der Waals surface area contributed by atoms with Crippen LogP contribution in [-0.4, -0.2) is 35.4 Å². The second kappa shape index (κ2) is 5.59. The molecule has 0 atom stereocenters. The summed E-state index contributed by atoms with van der Waals surface area (Å²) in [4.78, 5) is 18.6. The number of nitrogens with one attached hydrogen (secondary N) is 1. The number of nitrogens with zero attached hydrogens (tertiary/aromatic N) is 2. The number of carbonyl (C=O) groups excluding carboxylic acids is 1. The lowest BCUT2D eigenvalue weighted by Crippen LogP contribution is -2.43. The topological polar surface area (TPSA) is 45.2 Å². The van der Waals surface area contributed by atoms with E-state index in [0.717, 1.165) is 31.9 Å². The first-order chi connectivity index (χ1) is 9.02. The number of carbonyl (C=O) groups is 1. The fraction of sp³-hybridized carbons (Fsp3) is 0.600. The molecule has 2 heterocycles. The second-order valence-corrected chi connectivity index (χ2v) is 5.96. The molecule has 1 N–H and O–H groups in total. The highest BCUT2D eigenvalue weighted by Gasteiger charge is 2.29. The number of hydrogen-bond acceptors (Lipinski definition) is 3. The minimum Gasteiger partial charge on any atom is -0.370 e. The van der Waals surface area contributed by atoms with E-state index in [1.165, 1.54) is 6.42 Å². The zero-order chi connectivity index (χ0) is 13.9. The van der Waals surface area contributed by atoms with E-state index in [2.05, 4.69) is 24.1 Å². The molecule has 0 radical (unpaired) electrons. The lowest BCUT2D eigenvalue weighted by molar-refractivity contribution is 0.0583. The maximum absolute atomic E-state index is 12.4. The van der Waals surface area contributed by atoms with Crippen molar-refractivity contribution in [2.24, 2.45) is 5.41 Å². The van der Waals surface area contributed by atoms with Crippen LogP contribution in [0.25, 0.3) is 0 Å². The minimum atomic E-state index is 0.100. The van der Waals surface area contributed by atoms with Crippen LogP contribution in [0.5, 0.6) is 0 Å². The van der Waals surface area contributed by atoms with E-state index in [4.69, 9.17) is 0 Å². The van der Waals surface area contributed by atoms with Crippen molar-refractivity contribution < 1.29 is 4.79 Å². The average molecular weight is 261 g/mol. The normalized spacial score (nSPS) is 18.2. The summed E-state index contributed by atoms with van der Waals surface area (Å²) < 4.78 is 0. The predicted octanol–water partition coefficient (Wildman–Crippen LogP) is 2.78. The third-order valence-electron chi connectivity index (χ3n) is 3.56. The molecule has 1 aromatic rings. The van der Waals surface area contributed by atoms with Gasteiger partial charge >= 0.3 is 0 Å². The van der Waals surface area contributed by atoms with Gasteiger partial charge in [-0.3, -0.25) is 4.79 Å². The maximum Gasteiger partial charge on any atom is 0.255 e. The number of anilines is 1. The molecule has 0 aliphatic carbocycles. The molecule has 4 nitrogen and oxygen atoms in total. The van der Waals surface area contributed by atoms with E-state index < -0.39 is 0 Å². The molecular formula is C15H23N3O. The number of aromatic nitrogens is 1. The van der Waals surface area contributed by atoms with E-state index in [1.807, 2.05) is 24.0 Å². The van der Waals surface area contributed by atoms with Gasteiger partial charge in [0.15, 0.2) is 0 Å². The predicted molar refractivity (Wildman–Crippen MR) is 77.3 cm³/mol. The van der Waals surface area contributed by atoms with Gasteiger partial charge in [0.25, 0.3) is 5.91 Å². The summed E-state index contributed by atoms with van der Waals surface area (Å²) in [6.07, 6.45) is 3.94. The van der Waals surface area contributed by atoms with Crippen LogP contribution in [-0.2, 0) is 0 Å². The largest absolute Gasteiger partial charge is 0.370 e. The molecule has 0 spiro atoms. The van der Waals surface area contributed by atoms with Gasteiger partial charge in [0, 0.05) is 25.8 Å². The Kier molecular flexibility index (Phi) is 4.08. The van der Waals surface area contributed by atoms with E-state index >= 15 is 0 Å². The maximum atomic E-state index is 12.4. The van der Waals surface area contributed by atoms with Gasteiger partial charge in [-0.25, -0.2) is 4.98 Å². The summed E-state index contributed by atoms with van der Waals surface area (Å²) in [5, 5.41) is 3.13. The van der Waals surface area contributed by atoms with Crippen molar-refractivity contribution in [2.75, 3.05) is 25.0 Å². The molecule has 0 bridgehead atoms. The lowest BCUT2D eigenvalue weighted by atomic mass is 9.84. The number of amides is 1. The van der Waals surface area contributed by atoms with Crippen molar-refractivity contribution in [3.63, 3.8) is 0 Å². The van der Waals surface area contributed by atoms with Gasteiger partial charge in [-0.15, -0.1) is 0 Å². The van der Waals surface area contributed by atoms with Crippen molar-refractivity contribution in [1.29, 1.82) is 0 Å². The Bertz CT molecular complexity index is 439. The summed E-state index contributed by atoms with van der Waals surface area (Å²) in [5.74, 6) is 0.918. The van der Waals surface area contributed by atoms with Crippen LogP contribution in [0.15, 0.2) is 18.3 Å². The van der Waals surface area contributed by atoms with E-state index in [9.17, 15) is 4.79 Å². The van der Waals surface area contributed by atoms with Crippen LogP contribution < -0.4 is 5.32 Å². The lowest BCUT2D eigenvalue weighted by Gasteiger charge is -2.38. The first-order valence-corrected chi connectivity index (χ1v) is 7.01. The molecule has 0 saturated carbocycles. The Morgan fingerprint density at radius 3 is 2.84 bits per heavy atom. The van der Waals surface area contributed by atoms with Gasteiger partial charge in [0.1, 0.15) is 5.82 Å². The number of likely N-dealkylation sites (tertiary alicyclic amines) is 1. The van der Waals surface area contributed by atoms with E-state index in [-0.39, 0.29) is 11.3 Å². The Hall–Kier alpha value is -1.58. The third kappa shape index (κ3) is 3.46. The SMILES string of the molecule is CCNc1ccc(C(=O)N2CCCC(C)(C)C2)cn1.